The number of rotatable bonds is 8. The average molecular weight is 421 g/mol. The number of furan rings is 1. The average Bonchev–Trinajstić information content (AvgIpc) is 3.15. The number of hydrogen-bond acceptors (Lipinski definition) is 6. The molecule has 0 aliphatic rings. The van der Waals surface area contributed by atoms with Crippen molar-refractivity contribution in [3.63, 3.8) is 0 Å². The van der Waals surface area contributed by atoms with E-state index in [0.29, 0.717) is 11.3 Å². The fraction of sp³-hybridized carbons (Fsp3) is 0.158. The summed E-state index contributed by atoms with van der Waals surface area (Å²) in [7, 11) is -7.39. The van der Waals surface area contributed by atoms with Crippen molar-refractivity contribution in [2.75, 3.05) is 6.26 Å². The van der Waals surface area contributed by atoms with Gasteiger partial charge in [-0.05, 0) is 42.0 Å². The van der Waals surface area contributed by atoms with Gasteiger partial charge in [-0.2, -0.15) is 12.7 Å². The fourth-order valence-electron chi connectivity index (χ4n) is 2.57. The van der Waals surface area contributed by atoms with Gasteiger partial charge in [-0.15, -0.1) is 0 Å². The third-order valence-electron chi connectivity index (χ3n) is 3.82. The lowest BCUT2D eigenvalue weighted by Crippen LogP contribution is -2.30. The first-order chi connectivity index (χ1) is 13.2. The minimum absolute atomic E-state index is 0.0613. The molecule has 0 amide bonds. The van der Waals surface area contributed by atoms with Crippen LogP contribution in [-0.4, -0.2) is 27.4 Å². The molecule has 9 heteroatoms. The van der Waals surface area contributed by atoms with Gasteiger partial charge in [0.1, 0.15) is 11.5 Å². The van der Waals surface area contributed by atoms with Crippen molar-refractivity contribution in [1.82, 2.24) is 4.31 Å². The van der Waals surface area contributed by atoms with Crippen molar-refractivity contribution in [2.45, 2.75) is 18.0 Å². The van der Waals surface area contributed by atoms with Crippen LogP contribution >= 0.6 is 0 Å². The van der Waals surface area contributed by atoms with E-state index in [1.807, 2.05) is 0 Å². The normalized spacial score (nSPS) is 12.2. The first kappa shape index (κ1) is 20.1. The van der Waals surface area contributed by atoms with Gasteiger partial charge in [0.15, 0.2) is 0 Å². The van der Waals surface area contributed by atoms with Gasteiger partial charge in [-0.25, -0.2) is 8.42 Å². The highest BCUT2D eigenvalue weighted by Crippen LogP contribution is 2.22. The Kier molecular flexibility index (Phi) is 5.87. The molecule has 0 aliphatic carbocycles. The predicted octanol–water partition coefficient (Wildman–Crippen LogP) is 3.01. The Balaban J connectivity index is 1.87. The zero-order valence-corrected chi connectivity index (χ0v) is 16.7. The zero-order valence-electron chi connectivity index (χ0n) is 15.1. The van der Waals surface area contributed by atoms with Crippen molar-refractivity contribution < 1.29 is 25.4 Å². The van der Waals surface area contributed by atoms with Gasteiger partial charge in [-0.1, -0.05) is 30.3 Å². The standard InChI is InChI=1S/C19H19NO6S2/c1-27(21,22)26-17-11-9-16(10-12-17)14-20(15-18-6-5-13-25-18)28(23,24)19-7-3-2-4-8-19/h2-13H,14-15H2,1H3. The quantitative estimate of drug-likeness (QED) is 0.519. The number of sulfonamides is 1. The molecule has 148 valence electrons. The Morgan fingerprint density at radius 1 is 0.857 bits per heavy atom. The van der Waals surface area contributed by atoms with Crippen LogP contribution in [0.25, 0.3) is 0 Å². The summed E-state index contributed by atoms with van der Waals surface area (Å²) in [6.45, 7) is 0.142. The Hall–Kier alpha value is -2.62. The van der Waals surface area contributed by atoms with E-state index in [1.165, 1.54) is 34.8 Å². The van der Waals surface area contributed by atoms with E-state index in [4.69, 9.17) is 8.60 Å². The summed E-state index contributed by atoms with van der Waals surface area (Å²) in [4.78, 5) is 0.179. The summed E-state index contributed by atoms with van der Waals surface area (Å²) < 4.78 is 60.0. The monoisotopic (exact) mass is 421 g/mol. The molecule has 28 heavy (non-hydrogen) atoms. The van der Waals surface area contributed by atoms with E-state index in [1.54, 1.807) is 42.5 Å². The van der Waals surface area contributed by atoms with E-state index in [0.717, 1.165) is 6.26 Å². The van der Waals surface area contributed by atoms with Crippen LogP contribution in [0.5, 0.6) is 5.75 Å². The number of nitrogens with zero attached hydrogens (tertiary/aromatic N) is 1. The van der Waals surface area contributed by atoms with Gasteiger partial charge in [0.2, 0.25) is 10.0 Å². The minimum Gasteiger partial charge on any atom is -0.468 e. The van der Waals surface area contributed by atoms with Crippen molar-refractivity contribution >= 4 is 20.1 Å². The molecule has 3 aromatic rings. The molecule has 7 nitrogen and oxygen atoms in total. The first-order valence-electron chi connectivity index (χ1n) is 8.30. The Morgan fingerprint density at radius 3 is 2.11 bits per heavy atom. The second-order valence-electron chi connectivity index (χ2n) is 6.10. The van der Waals surface area contributed by atoms with E-state index in [-0.39, 0.29) is 23.7 Å². The SMILES string of the molecule is CS(=O)(=O)Oc1ccc(CN(Cc2ccco2)S(=O)(=O)c2ccccc2)cc1. The molecule has 0 saturated carbocycles. The Morgan fingerprint density at radius 2 is 1.54 bits per heavy atom. The largest absolute Gasteiger partial charge is 0.468 e. The highest BCUT2D eigenvalue weighted by molar-refractivity contribution is 7.89. The lowest BCUT2D eigenvalue weighted by molar-refractivity contribution is 0.358. The maximum absolute atomic E-state index is 13.1. The topological polar surface area (TPSA) is 93.9 Å². The van der Waals surface area contributed by atoms with Crippen LogP contribution in [-0.2, 0) is 33.2 Å². The van der Waals surface area contributed by atoms with Crippen molar-refractivity contribution in [1.29, 1.82) is 0 Å². The minimum atomic E-state index is -3.77. The molecule has 0 bridgehead atoms. The highest BCUT2D eigenvalue weighted by atomic mass is 32.2. The molecule has 0 atom stereocenters. The van der Waals surface area contributed by atoms with Crippen LogP contribution < -0.4 is 4.18 Å². The number of hydrogen-bond donors (Lipinski definition) is 0. The van der Waals surface area contributed by atoms with E-state index in [2.05, 4.69) is 0 Å². The van der Waals surface area contributed by atoms with E-state index in [9.17, 15) is 16.8 Å². The van der Waals surface area contributed by atoms with Gasteiger partial charge in [0.05, 0.1) is 24.0 Å². The summed E-state index contributed by atoms with van der Waals surface area (Å²) in [5.74, 6) is 0.672. The van der Waals surface area contributed by atoms with Crippen LogP contribution in [0.15, 0.2) is 82.3 Å². The molecular weight excluding hydrogens is 402 g/mol. The second-order valence-corrected chi connectivity index (χ2v) is 9.61. The van der Waals surface area contributed by atoms with Crippen molar-refractivity contribution in [3.8, 4) is 5.75 Å². The van der Waals surface area contributed by atoms with Crippen LogP contribution in [0, 0.1) is 0 Å². The maximum atomic E-state index is 13.1. The summed E-state index contributed by atoms with van der Waals surface area (Å²) >= 11 is 0. The van der Waals surface area contributed by atoms with E-state index < -0.39 is 20.1 Å². The molecular formula is C19H19NO6S2. The molecule has 1 heterocycles. The Labute approximate surface area is 164 Å². The predicted molar refractivity (Wildman–Crippen MR) is 103 cm³/mol. The van der Waals surface area contributed by atoms with Crippen LogP contribution in [0.3, 0.4) is 0 Å². The van der Waals surface area contributed by atoms with Crippen LogP contribution in [0.1, 0.15) is 11.3 Å². The molecule has 0 radical (unpaired) electrons. The molecule has 0 unspecified atom stereocenters. The molecule has 0 fully saturated rings. The van der Waals surface area contributed by atoms with Crippen molar-refractivity contribution in [2.24, 2.45) is 0 Å². The summed E-state index contributed by atoms with van der Waals surface area (Å²) in [5, 5.41) is 0. The smallest absolute Gasteiger partial charge is 0.306 e. The van der Waals surface area contributed by atoms with Crippen LogP contribution in [0.2, 0.25) is 0 Å². The lowest BCUT2D eigenvalue weighted by atomic mass is 10.2. The lowest BCUT2D eigenvalue weighted by Gasteiger charge is -2.21. The molecule has 0 saturated heterocycles. The zero-order chi connectivity index (χ0) is 20.2. The van der Waals surface area contributed by atoms with Gasteiger partial charge in [0, 0.05) is 6.54 Å². The summed E-state index contributed by atoms with van der Waals surface area (Å²) in [6, 6.07) is 17.7. The number of benzene rings is 2. The van der Waals surface area contributed by atoms with E-state index >= 15 is 0 Å². The molecule has 1 aromatic heterocycles. The first-order valence-corrected chi connectivity index (χ1v) is 11.6. The van der Waals surface area contributed by atoms with Crippen LogP contribution in [0.4, 0.5) is 0 Å². The molecule has 2 aromatic carbocycles. The molecule has 0 spiro atoms. The summed E-state index contributed by atoms with van der Waals surface area (Å²) in [5.41, 5.74) is 0.673. The third-order valence-corrected chi connectivity index (χ3v) is 6.12. The van der Waals surface area contributed by atoms with Crippen molar-refractivity contribution in [3.05, 3.63) is 84.3 Å². The maximum Gasteiger partial charge on any atom is 0.306 e. The highest BCUT2D eigenvalue weighted by Gasteiger charge is 2.25. The third kappa shape index (κ3) is 5.22. The summed E-state index contributed by atoms with van der Waals surface area (Å²) in [6.07, 6.45) is 2.44. The Bertz CT molecular complexity index is 1110. The second kappa shape index (κ2) is 8.17. The van der Waals surface area contributed by atoms with Gasteiger partial charge >= 0.3 is 10.1 Å². The van der Waals surface area contributed by atoms with Gasteiger partial charge in [0.25, 0.3) is 0 Å². The molecule has 0 aliphatic heterocycles. The van der Waals surface area contributed by atoms with Gasteiger partial charge in [-0.3, -0.25) is 0 Å². The molecule has 0 N–H and O–H groups in total. The fourth-order valence-corrected chi connectivity index (χ4v) is 4.45. The molecule has 3 rings (SSSR count). The van der Waals surface area contributed by atoms with Gasteiger partial charge < -0.3 is 8.60 Å².